The van der Waals surface area contributed by atoms with E-state index < -0.39 is 8.32 Å². The molecule has 0 radical (unpaired) electrons. The lowest BCUT2D eigenvalue weighted by molar-refractivity contribution is 0.194. The highest BCUT2D eigenvalue weighted by Gasteiger charge is 2.50. The van der Waals surface area contributed by atoms with Gasteiger partial charge in [0.1, 0.15) is 0 Å². The van der Waals surface area contributed by atoms with Gasteiger partial charge in [0.05, 0.1) is 6.61 Å². The van der Waals surface area contributed by atoms with Gasteiger partial charge in [-0.15, -0.1) is 0 Å². The molecule has 0 bridgehead atoms. The first kappa shape index (κ1) is 22.6. The first-order valence-electron chi connectivity index (χ1n) is 10.4. The van der Waals surface area contributed by atoms with Crippen molar-refractivity contribution < 1.29 is 9.53 Å². The summed E-state index contributed by atoms with van der Waals surface area (Å²) in [5.74, 6) is 0. The van der Waals surface area contributed by atoms with E-state index in [0.717, 1.165) is 24.8 Å². The van der Waals surface area contributed by atoms with Gasteiger partial charge in [-0.05, 0) is 48.5 Å². The quantitative estimate of drug-likeness (QED) is 0.365. The predicted octanol–water partition coefficient (Wildman–Crippen LogP) is 5.06. The Kier molecular flexibility index (Phi) is 8.23. The van der Waals surface area contributed by atoms with E-state index >= 15 is 0 Å². The summed E-state index contributed by atoms with van der Waals surface area (Å²) in [7, 11) is -2.46. The number of rotatable bonds is 9. The van der Waals surface area contributed by atoms with Gasteiger partial charge in [0.15, 0.2) is 0 Å². The van der Waals surface area contributed by atoms with E-state index in [1.165, 1.54) is 10.4 Å². The summed E-state index contributed by atoms with van der Waals surface area (Å²) in [6, 6.07) is 21.6. The molecule has 2 rings (SSSR count). The smallest absolute Gasteiger partial charge is 0.261 e. The fourth-order valence-electron chi connectivity index (χ4n) is 3.87. The third kappa shape index (κ3) is 5.44. The number of hydrogen-bond donors (Lipinski definition) is 1. The maximum Gasteiger partial charge on any atom is 0.261 e. The summed E-state index contributed by atoms with van der Waals surface area (Å²) in [6.45, 7) is 11.3. The van der Waals surface area contributed by atoms with Crippen LogP contribution in [-0.4, -0.2) is 26.1 Å². The lowest BCUT2D eigenvalue weighted by Gasteiger charge is -2.44. The van der Waals surface area contributed by atoms with Crippen molar-refractivity contribution >= 4 is 18.7 Å². The molecule has 152 valence electrons. The maximum atomic E-state index is 9.15. The molecule has 0 aliphatic rings. The number of aliphatic hydroxyl groups is 1. The number of aliphatic hydroxyl groups excluding tert-OH is 1. The molecule has 1 atom stereocenters. The van der Waals surface area contributed by atoms with Crippen LogP contribution in [0.1, 0.15) is 53.9 Å². The fraction of sp³-hybridized carbons (Fsp3) is 0.440. The van der Waals surface area contributed by atoms with Crippen LogP contribution in [0.5, 0.6) is 0 Å². The second kappa shape index (κ2) is 10.2. The van der Waals surface area contributed by atoms with Crippen molar-refractivity contribution in [3.8, 4) is 0 Å². The zero-order chi connectivity index (χ0) is 20.6. The van der Waals surface area contributed by atoms with Gasteiger partial charge in [0.2, 0.25) is 0 Å². The molecule has 0 spiro atoms. The van der Waals surface area contributed by atoms with Crippen LogP contribution < -0.4 is 10.4 Å². The molecule has 0 heterocycles. The molecule has 0 aliphatic heterocycles. The molecule has 0 fully saturated rings. The summed E-state index contributed by atoms with van der Waals surface area (Å²) in [6.07, 6.45) is 5.38. The van der Waals surface area contributed by atoms with Gasteiger partial charge >= 0.3 is 0 Å². The Balaban J connectivity index is 2.34. The van der Waals surface area contributed by atoms with Crippen LogP contribution in [-0.2, 0) is 4.43 Å². The van der Waals surface area contributed by atoms with Crippen molar-refractivity contribution in [3.05, 3.63) is 72.3 Å². The summed E-state index contributed by atoms with van der Waals surface area (Å²) in [4.78, 5) is 0. The lowest BCUT2D eigenvalue weighted by atomic mass is 10.1. The second-order valence-corrected chi connectivity index (χ2v) is 13.0. The summed E-state index contributed by atoms with van der Waals surface area (Å²) >= 11 is 0. The van der Waals surface area contributed by atoms with Crippen molar-refractivity contribution in [1.29, 1.82) is 0 Å². The minimum Gasteiger partial charge on any atom is -0.405 e. The van der Waals surface area contributed by atoms with Crippen LogP contribution in [0.4, 0.5) is 0 Å². The van der Waals surface area contributed by atoms with Crippen LogP contribution in [0.15, 0.2) is 72.3 Å². The average Bonchev–Trinajstić information content (AvgIpc) is 2.69. The normalized spacial score (nSPS) is 14.1. The molecule has 3 heteroatoms. The minimum absolute atomic E-state index is 0.0113. The number of hydrogen-bond acceptors (Lipinski definition) is 2. The van der Waals surface area contributed by atoms with Gasteiger partial charge in [-0.25, -0.2) is 0 Å². The van der Waals surface area contributed by atoms with Crippen molar-refractivity contribution in [3.63, 3.8) is 0 Å². The topological polar surface area (TPSA) is 29.5 Å². The number of allylic oxidation sites excluding steroid dienone is 1. The second-order valence-electron chi connectivity index (χ2n) is 8.73. The SMILES string of the molecule is C/C(=C\CCC[C@@H](C)O[Si](c1ccccc1)(c1ccccc1)C(C)(C)C)CO. The first-order valence-corrected chi connectivity index (χ1v) is 12.3. The molecule has 28 heavy (non-hydrogen) atoms. The predicted molar refractivity (Wildman–Crippen MR) is 123 cm³/mol. The molecule has 0 saturated heterocycles. The van der Waals surface area contributed by atoms with Crippen LogP contribution in [0, 0.1) is 0 Å². The Morgan fingerprint density at radius 2 is 1.50 bits per heavy atom. The van der Waals surface area contributed by atoms with Gasteiger partial charge in [-0.2, -0.15) is 0 Å². The van der Waals surface area contributed by atoms with E-state index in [0.29, 0.717) is 0 Å². The van der Waals surface area contributed by atoms with Gasteiger partial charge in [0, 0.05) is 6.10 Å². The van der Waals surface area contributed by atoms with Crippen molar-refractivity contribution in [2.45, 2.75) is 65.0 Å². The zero-order valence-electron chi connectivity index (χ0n) is 18.1. The molecule has 0 amide bonds. The Morgan fingerprint density at radius 3 is 1.93 bits per heavy atom. The van der Waals surface area contributed by atoms with Crippen LogP contribution in [0.3, 0.4) is 0 Å². The molecule has 2 nitrogen and oxygen atoms in total. The Hall–Kier alpha value is -1.68. The highest BCUT2D eigenvalue weighted by atomic mass is 28.4. The van der Waals surface area contributed by atoms with Crippen molar-refractivity contribution in [1.82, 2.24) is 0 Å². The molecule has 1 N–H and O–H groups in total. The summed E-state index contributed by atoms with van der Waals surface area (Å²) in [5, 5.41) is 11.8. The summed E-state index contributed by atoms with van der Waals surface area (Å²) < 4.78 is 7.08. The van der Waals surface area contributed by atoms with Crippen LogP contribution >= 0.6 is 0 Å². The van der Waals surface area contributed by atoms with Crippen molar-refractivity contribution in [2.75, 3.05) is 6.61 Å². The first-order chi connectivity index (χ1) is 13.3. The summed E-state index contributed by atoms with van der Waals surface area (Å²) in [5.41, 5.74) is 1.04. The fourth-order valence-corrected chi connectivity index (χ4v) is 8.61. The van der Waals surface area contributed by atoms with E-state index in [9.17, 15) is 0 Å². The molecule has 0 saturated carbocycles. The molecular formula is C25H36O2Si. The minimum atomic E-state index is -2.46. The molecule has 0 aromatic heterocycles. The largest absolute Gasteiger partial charge is 0.405 e. The third-order valence-corrected chi connectivity index (χ3v) is 10.5. The Morgan fingerprint density at radius 1 is 1.00 bits per heavy atom. The third-order valence-electron chi connectivity index (χ3n) is 5.35. The van der Waals surface area contributed by atoms with E-state index in [2.05, 4.69) is 94.4 Å². The van der Waals surface area contributed by atoms with Gasteiger partial charge in [-0.1, -0.05) is 93.1 Å². The van der Waals surface area contributed by atoms with E-state index in [1.807, 2.05) is 6.92 Å². The van der Waals surface area contributed by atoms with E-state index in [1.54, 1.807) is 0 Å². The molecular weight excluding hydrogens is 360 g/mol. The molecule has 2 aromatic carbocycles. The number of benzene rings is 2. The Bertz CT molecular complexity index is 693. The highest BCUT2D eigenvalue weighted by Crippen LogP contribution is 2.37. The monoisotopic (exact) mass is 396 g/mol. The number of unbranched alkanes of at least 4 members (excludes halogenated alkanes) is 1. The molecule has 0 aliphatic carbocycles. The molecule has 2 aromatic rings. The average molecular weight is 397 g/mol. The molecule has 0 unspecified atom stereocenters. The maximum absolute atomic E-state index is 9.15. The van der Waals surface area contributed by atoms with Crippen LogP contribution in [0.25, 0.3) is 0 Å². The van der Waals surface area contributed by atoms with Gasteiger partial charge < -0.3 is 9.53 Å². The Labute approximate surface area is 172 Å². The lowest BCUT2D eigenvalue weighted by Crippen LogP contribution is -2.67. The van der Waals surface area contributed by atoms with Gasteiger partial charge in [0.25, 0.3) is 8.32 Å². The van der Waals surface area contributed by atoms with Gasteiger partial charge in [-0.3, -0.25) is 0 Å². The van der Waals surface area contributed by atoms with Crippen LogP contribution in [0.2, 0.25) is 5.04 Å². The highest BCUT2D eigenvalue weighted by molar-refractivity contribution is 6.99. The van der Waals surface area contributed by atoms with E-state index in [-0.39, 0.29) is 17.7 Å². The zero-order valence-corrected chi connectivity index (χ0v) is 19.1. The van der Waals surface area contributed by atoms with E-state index in [4.69, 9.17) is 9.53 Å². The van der Waals surface area contributed by atoms with Crippen molar-refractivity contribution in [2.24, 2.45) is 0 Å². The standard InChI is InChI=1S/C25H36O2Si/c1-21(20-26)14-12-13-15-22(2)27-28(25(3,4)5,23-16-8-6-9-17-23)24-18-10-7-11-19-24/h6-11,14,16-19,22,26H,12-13,15,20H2,1-5H3/b21-14+/t22-/m1/s1.